The first-order chi connectivity index (χ1) is 16.2. The first-order valence-electron chi connectivity index (χ1n) is 11.4. The molecule has 0 spiro atoms. The minimum absolute atomic E-state index is 0.00134. The van der Waals surface area contributed by atoms with Gasteiger partial charge in [-0.3, -0.25) is 4.79 Å². The van der Waals surface area contributed by atoms with Crippen LogP contribution in [0.3, 0.4) is 0 Å². The molecule has 1 amide bonds. The third kappa shape index (κ3) is 3.58. The lowest BCUT2D eigenvalue weighted by atomic mass is 9.96. The standard InChI is InChI=1S/C24H25N7O2/c32-13-16-3-1-15(2-4-16)9-17-12-30(29-28-17)20-10-18-5-6-19(11-20)31(18)24(33)22-21-7-8-25-23(21)27-14-26-22/h1-4,7-8,12,14,18-20,32H,5-6,9-11,13H2,(H,25,26,27). The molecule has 33 heavy (non-hydrogen) atoms. The second-order valence-electron chi connectivity index (χ2n) is 9.03. The number of hydrogen-bond acceptors (Lipinski definition) is 6. The second-order valence-corrected chi connectivity index (χ2v) is 9.03. The number of nitrogens with zero attached hydrogens (tertiary/aromatic N) is 6. The lowest BCUT2D eigenvalue weighted by Crippen LogP contribution is -2.47. The number of rotatable bonds is 5. The molecule has 3 aromatic heterocycles. The van der Waals surface area contributed by atoms with Gasteiger partial charge in [0.25, 0.3) is 5.91 Å². The zero-order valence-corrected chi connectivity index (χ0v) is 18.1. The van der Waals surface area contributed by atoms with Gasteiger partial charge in [-0.05, 0) is 42.9 Å². The molecule has 6 rings (SSSR count). The zero-order chi connectivity index (χ0) is 22.4. The molecule has 2 unspecified atom stereocenters. The SMILES string of the molecule is O=C(c1ncnc2[nH]ccc12)N1C2CCC1CC(n1cc(Cc3ccc(CO)cc3)nn1)C2. The summed E-state index contributed by atoms with van der Waals surface area (Å²) in [6.07, 6.45) is 9.75. The number of aliphatic hydroxyl groups excluding tert-OH is 1. The molecule has 0 radical (unpaired) electrons. The van der Waals surface area contributed by atoms with Gasteiger partial charge in [0.2, 0.25) is 0 Å². The van der Waals surface area contributed by atoms with Crippen LogP contribution in [0.1, 0.15) is 59.0 Å². The molecule has 0 aliphatic carbocycles. The van der Waals surface area contributed by atoms with Crippen LogP contribution in [0.4, 0.5) is 0 Å². The average molecular weight is 444 g/mol. The van der Waals surface area contributed by atoms with E-state index in [0.29, 0.717) is 17.8 Å². The molecule has 2 N–H and O–H groups in total. The first-order valence-corrected chi connectivity index (χ1v) is 11.4. The van der Waals surface area contributed by atoms with Gasteiger partial charge < -0.3 is 15.0 Å². The molecule has 9 nitrogen and oxygen atoms in total. The van der Waals surface area contributed by atoms with Crippen molar-refractivity contribution in [3.05, 3.63) is 71.6 Å². The quantitative estimate of drug-likeness (QED) is 0.490. The second kappa shape index (κ2) is 8.08. The maximum Gasteiger partial charge on any atom is 0.273 e. The summed E-state index contributed by atoms with van der Waals surface area (Å²) >= 11 is 0. The van der Waals surface area contributed by atoms with Gasteiger partial charge in [-0.25, -0.2) is 14.6 Å². The number of fused-ring (bicyclic) bond motifs is 3. The van der Waals surface area contributed by atoms with E-state index in [1.165, 1.54) is 6.33 Å². The van der Waals surface area contributed by atoms with Crippen LogP contribution in [0.5, 0.6) is 0 Å². The van der Waals surface area contributed by atoms with Gasteiger partial charge in [0, 0.05) is 30.9 Å². The number of aromatic nitrogens is 6. The Kier molecular flexibility index (Phi) is 4.91. The molecule has 2 saturated heterocycles. The monoisotopic (exact) mass is 443 g/mol. The fraction of sp³-hybridized carbons (Fsp3) is 0.375. The Morgan fingerprint density at radius 1 is 1.03 bits per heavy atom. The van der Waals surface area contributed by atoms with Crippen LogP contribution in [-0.2, 0) is 13.0 Å². The molecule has 168 valence electrons. The smallest absolute Gasteiger partial charge is 0.273 e. The van der Waals surface area contributed by atoms with Crippen molar-refractivity contribution in [2.45, 2.75) is 56.8 Å². The van der Waals surface area contributed by atoms with Gasteiger partial charge in [-0.15, -0.1) is 5.10 Å². The molecule has 0 saturated carbocycles. The van der Waals surface area contributed by atoms with Crippen molar-refractivity contribution in [3.63, 3.8) is 0 Å². The number of piperidine rings is 1. The zero-order valence-electron chi connectivity index (χ0n) is 18.1. The fourth-order valence-corrected chi connectivity index (χ4v) is 5.41. The van der Waals surface area contributed by atoms with Crippen molar-refractivity contribution in [1.82, 2.24) is 34.8 Å². The Bertz CT molecular complexity index is 1280. The van der Waals surface area contributed by atoms with Crippen molar-refractivity contribution >= 4 is 16.9 Å². The maximum atomic E-state index is 13.4. The summed E-state index contributed by atoms with van der Waals surface area (Å²) in [5, 5.41) is 18.8. The Morgan fingerprint density at radius 3 is 2.55 bits per heavy atom. The Morgan fingerprint density at radius 2 is 1.79 bits per heavy atom. The number of amides is 1. The van der Waals surface area contributed by atoms with Crippen LogP contribution >= 0.6 is 0 Å². The van der Waals surface area contributed by atoms with Crippen LogP contribution < -0.4 is 0 Å². The summed E-state index contributed by atoms with van der Waals surface area (Å²) in [6.45, 7) is 0.0489. The molecule has 2 bridgehead atoms. The van der Waals surface area contributed by atoms with Crippen LogP contribution in [0, 0.1) is 0 Å². The van der Waals surface area contributed by atoms with E-state index in [1.807, 2.05) is 46.1 Å². The summed E-state index contributed by atoms with van der Waals surface area (Å²) in [7, 11) is 0. The number of aromatic amines is 1. The highest BCUT2D eigenvalue weighted by Gasteiger charge is 2.45. The molecule has 2 fully saturated rings. The van der Waals surface area contributed by atoms with Crippen LogP contribution in [-0.4, -0.2) is 57.9 Å². The van der Waals surface area contributed by atoms with Crippen LogP contribution in [0.15, 0.2) is 49.1 Å². The van der Waals surface area contributed by atoms with Gasteiger partial charge in [0.05, 0.1) is 23.7 Å². The molecule has 4 aromatic rings. The molecule has 2 aliphatic heterocycles. The van der Waals surface area contributed by atoms with Crippen molar-refractivity contribution < 1.29 is 9.90 Å². The normalized spacial score (nSPS) is 22.2. The minimum Gasteiger partial charge on any atom is -0.392 e. The highest BCUT2D eigenvalue weighted by molar-refractivity contribution is 6.04. The lowest BCUT2D eigenvalue weighted by Gasteiger charge is -2.38. The molecule has 5 heterocycles. The molecular formula is C24H25N7O2. The topological polar surface area (TPSA) is 113 Å². The van der Waals surface area contributed by atoms with Crippen LogP contribution in [0.25, 0.3) is 11.0 Å². The van der Waals surface area contributed by atoms with Gasteiger partial charge in [-0.1, -0.05) is 29.5 Å². The van der Waals surface area contributed by atoms with Gasteiger partial charge in [0.1, 0.15) is 17.7 Å². The Labute approximate surface area is 190 Å². The number of carbonyl (C=O) groups excluding carboxylic acids is 1. The van der Waals surface area contributed by atoms with E-state index in [4.69, 9.17) is 0 Å². The first kappa shape index (κ1) is 20.0. The van der Waals surface area contributed by atoms with E-state index in [9.17, 15) is 9.90 Å². The van der Waals surface area contributed by atoms with Crippen molar-refractivity contribution in [2.75, 3.05) is 0 Å². The van der Waals surface area contributed by atoms with E-state index in [1.54, 1.807) is 6.20 Å². The number of aliphatic hydroxyl groups is 1. The largest absolute Gasteiger partial charge is 0.392 e. The summed E-state index contributed by atoms with van der Waals surface area (Å²) in [6, 6.07) is 10.4. The highest BCUT2D eigenvalue weighted by Crippen LogP contribution is 2.41. The summed E-state index contributed by atoms with van der Waals surface area (Å²) in [5.74, 6) is -0.00134. The Hall–Kier alpha value is -3.59. The number of hydrogen-bond donors (Lipinski definition) is 2. The third-order valence-corrected chi connectivity index (χ3v) is 7.02. The highest BCUT2D eigenvalue weighted by atomic mass is 16.3. The third-order valence-electron chi connectivity index (χ3n) is 7.02. The molecule has 9 heteroatoms. The predicted octanol–water partition coefficient (Wildman–Crippen LogP) is 2.64. The fourth-order valence-electron chi connectivity index (χ4n) is 5.41. The predicted molar refractivity (Wildman–Crippen MR) is 120 cm³/mol. The number of H-pyrrole nitrogens is 1. The van der Waals surface area contributed by atoms with Crippen LogP contribution in [0.2, 0.25) is 0 Å². The maximum absolute atomic E-state index is 13.4. The summed E-state index contributed by atoms with van der Waals surface area (Å²) in [4.78, 5) is 27.1. The van der Waals surface area contributed by atoms with E-state index in [0.717, 1.165) is 47.9 Å². The van der Waals surface area contributed by atoms with E-state index in [2.05, 4.69) is 25.3 Å². The van der Waals surface area contributed by atoms with E-state index < -0.39 is 0 Å². The lowest BCUT2D eigenvalue weighted by molar-refractivity contribution is 0.0519. The van der Waals surface area contributed by atoms with Gasteiger partial charge in [-0.2, -0.15) is 0 Å². The number of carbonyl (C=O) groups is 1. The molecule has 2 atom stereocenters. The van der Waals surface area contributed by atoms with Crippen molar-refractivity contribution in [1.29, 1.82) is 0 Å². The van der Waals surface area contributed by atoms with Gasteiger partial charge in [0.15, 0.2) is 0 Å². The Balaban J connectivity index is 1.17. The van der Waals surface area contributed by atoms with E-state index >= 15 is 0 Å². The van der Waals surface area contributed by atoms with Gasteiger partial charge >= 0.3 is 0 Å². The van der Waals surface area contributed by atoms with Crippen molar-refractivity contribution in [2.24, 2.45) is 0 Å². The summed E-state index contributed by atoms with van der Waals surface area (Å²) in [5.41, 5.74) is 4.14. The minimum atomic E-state index is -0.00134. The average Bonchev–Trinajstić information content (AvgIpc) is 3.57. The van der Waals surface area contributed by atoms with Crippen molar-refractivity contribution in [3.8, 4) is 0 Å². The number of nitrogens with one attached hydrogen (secondary N) is 1. The van der Waals surface area contributed by atoms with E-state index in [-0.39, 0.29) is 30.6 Å². The molecule has 1 aromatic carbocycles. The molecule has 2 aliphatic rings. The number of benzene rings is 1. The molecular weight excluding hydrogens is 418 g/mol. The summed E-state index contributed by atoms with van der Waals surface area (Å²) < 4.78 is 1.99.